The van der Waals surface area contributed by atoms with Gasteiger partial charge in [-0.3, -0.25) is 4.79 Å². The Morgan fingerprint density at radius 2 is 1.88 bits per heavy atom. The predicted molar refractivity (Wildman–Crippen MR) is 131 cm³/mol. The van der Waals surface area contributed by atoms with E-state index in [0.29, 0.717) is 5.92 Å². The van der Waals surface area contributed by atoms with Gasteiger partial charge in [0.1, 0.15) is 11.6 Å². The zero-order valence-electron chi connectivity index (χ0n) is 18.7. The first kappa shape index (κ1) is 21.2. The molecule has 1 amide bonds. The average molecular weight is 451 g/mol. The van der Waals surface area contributed by atoms with Crippen LogP contribution < -0.4 is 15.5 Å². The molecule has 4 heterocycles. The monoisotopic (exact) mass is 450 g/mol. The Bertz CT molecular complexity index is 1100. The minimum absolute atomic E-state index is 0.0905. The second kappa shape index (κ2) is 9.03. The number of pyridine rings is 2. The van der Waals surface area contributed by atoms with Gasteiger partial charge in [-0.2, -0.15) is 0 Å². The second-order valence-electron chi connectivity index (χ2n) is 8.86. The topological polar surface area (TPSA) is 73.4 Å². The summed E-state index contributed by atoms with van der Waals surface area (Å²) in [4.78, 5) is 27.0. The van der Waals surface area contributed by atoms with E-state index in [1.54, 1.807) is 16.2 Å². The van der Waals surface area contributed by atoms with Crippen molar-refractivity contribution in [3.63, 3.8) is 0 Å². The number of carbonyl (C=O) groups is 1. The number of thiophene rings is 1. The van der Waals surface area contributed by atoms with E-state index in [-0.39, 0.29) is 5.91 Å². The Morgan fingerprint density at radius 3 is 2.56 bits per heavy atom. The van der Waals surface area contributed by atoms with Crippen LogP contribution in [0.4, 0.5) is 17.3 Å². The average Bonchev–Trinajstić information content (AvgIpc) is 3.47. The number of rotatable bonds is 5. The van der Waals surface area contributed by atoms with Crippen LogP contribution >= 0.6 is 11.3 Å². The Hall–Kier alpha value is -2.71. The fraction of sp³-hybridized carbons (Fsp3) is 0.458. The molecule has 1 saturated heterocycles. The van der Waals surface area contributed by atoms with E-state index in [2.05, 4.69) is 37.6 Å². The van der Waals surface area contributed by atoms with E-state index in [4.69, 9.17) is 0 Å². The van der Waals surface area contributed by atoms with Crippen LogP contribution in [0.25, 0.3) is 10.1 Å². The van der Waals surface area contributed by atoms with Crippen LogP contribution in [0.5, 0.6) is 0 Å². The normalized spacial score (nSPS) is 17.1. The van der Waals surface area contributed by atoms with Crippen LogP contribution in [-0.4, -0.2) is 61.0 Å². The molecule has 7 nitrogen and oxygen atoms in total. The summed E-state index contributed by atoms with van der Waals surface area (Å²) < 4.78 is 1.07. The lowest BCUT2D eigenvalue weighted by Crippen LogP contribution is -2.43. The highest BCUT2D eigenvalue weighted by atomic mass is 32.1. The van der Waals surface area contributed by atoms with Crippen molar-refractivity contribution < 1.29 is 4.79 Å². The summed E-state index contributed by atoms with van der Waals surface area (Å²) in [6, 6.07) is 6.22. The van der Waals surface area contributed by atoms with Crippen LogP contribution in [0, 0.1) is 0 Å². The number of piperazine rings is 1. The molecule has 1 aliphatic carbocycles. The van der Waals surface area contributed by atoms with Gasteiger partial charge in [0.2, 0.25) is 0 Å². The van der Waals surface area contributed by atoms with Crippen LogP contribution in [0.15, 0.2) is 30.6 Å². The van der Waals surface area contributed by atoms with E-state index in [0.717, 1.165) is 71.3 Å². The second-order valence-corrected chi connectivity index (χ2v) is 9.91. The standard InChI is InChI=1S/C24H30N6OS/c1-29(2)24(31)23-22(16-5-3-4-6-16)18-13-21(27-15-19(18)32-23)28-20-8-7-17(14-26-20)30-11-9-25-10-12-30/h7-8,13-16,25H,3-6,9-12H2,1-2H3,(H,26,27,28). The Labute approximate surface area is 192 Å². The van der Waals surface area contributed by atoms with Crippen molar-refractivity contribution in [3.05, 3.63) is 41.0 Å². The first-order valence-electron chi connectivity index (χ1n) is 11.4. The van der Waals surface area contributed by atoms with Crippen molar-refractivity contribution in [2.45, 2.75) is 31.6 Å². The fourth-order valence-corrected chi connectivity index (χ4v) is 6.03. The van der Waals surface area contributed by atoms with Crippen molar-refractivity contribution in [2.75, 3.05) is 50.5 Å². The van der Waals surface area contributed by atoms with Gasteiger partial charge in [-0.1, -0.05) is 12.8 Å². The summed E-state index contributed by atoms with van der Waals surface area (Å²) in [7, 11) is 3.65. The highest BCUT2D eigenvalue weighted by Gasteiger charge is 2.28. The van der Waals surface area contributed by atoms with E-state index in [1.165, 1.54) is 18.4 Å². The summed E-state index contributed by atoms with van der Waals surface area (Å²) >= 11 is 1.57. The maximum absolute atomic E-state index is 12.9. The predicted octanol–water partition coefficient (Wildman–Crippen LogP) is 4.20. The van der Waals surface area contributed by atoms with Crippen molar-refractivity contribution in [1.29, 1.82) is 0 Å². The van der Waals surface area contributed by atoms with Crippen molar-refractivity contribution >= 4 is 44.7 Å². The number of hydrogen-bond acceptors (Lipinski definition) is 7. The third-order valence-corrected chi connectivity index (χ3v) is 7.61. The van der Waals surface area contributed by atoms with E-state index >= 15 is 0 Å². The van der Waals surface area contributed by atoms with Gasteiger partial charge < -0.3 is 20.4 Å². The SMILES string of the molecule is CN(C)C(=O)c1sc2cnc(Nc3ccc(N4CCNCC4)cn3)cc2c1C1CCCC1. The van der Waals surface area contributed by atoms with Gasteiger partial charge in [-0.15, -0.1) is 11.3 Å². The summed E-state index contributed by atoms with van der Waals surface area (Å²) in [5.74, 6) is 2.08. The molecule has 1 saturated carbocycles. The van der Waals surface area contributed by atoms with E-state index < -0.39 is 0 Å². The number of aromatic nitrogens is 2. The molecule has 1 aliphatic heterocycles. The fourth-order valence-electron chi connectivity index (χ4n) is 4.77. The summed E-state index contributed by atoms with van der Waals surface area (Å²) in [6.07, 6.45) is 8.59. The number of hydrogen-bond donors (Lipinski definition) is 2. The Balaban J connectivity index is 1.43. The van der Waals surface area contributed by atoms with E-state index in [1.807, 2.05) is 32.6 Å². The van der Waals surface area contributed by atoms with Gasteiger partial charge in [0.05, 0.1) is 21.5 Å². The van der Waals surface area contributed by atoms with Gasteiger partial charge in [-0.25, -0.2) is 9.97 Å². The first-order valence-corrected chi connectivity index (χ1v) is 12.2. The summed E-state index contributed by atoms with van der Waals surface area (Å²) in [5.41, 5.74) is 2.36. The molecule has 3 aromatic rings. The van der Waals surface area contributed by atoms with Gasteiger partial charge in [0.15, 0.2) is 0 Å². The minimum atomic E-state index is 0.0905. The molecule has 0 unspecified atom stereocenters. The van der Waals surface area contributed by atoms with Crippen molar-refractivity contribution in [1.82, 2.24) is 20.2 Å². The molecule has 2 aliphatic rings. The number of nitrogens with one attached hydrogen (secondary N) is 2. The van der Waals surface area contributed by atoms with Crippen LogP contribution in [-0.2, 0) is 0 Å². The number of nitrogens with zero attached hydrogens (tertiary/aromatic N) is 4. The lowest BCUT2D eigenvalue weighted by Gasteiger charge is -2.29. The number of anilines is 3. The maximum Gasteiger partial charge on any atom is 0.263 e. The van der Waals surface area contributed by atoms with Gasteiger partial charge in [0.25, 0.3) is 5.91 Å². The van der Waals surface area contributed by atoms with Gasteiger partial charge in [-0.05, 0) is 42.5 Å². The maximum atomic E-state index is 12.9. The quantitative estimate of drug-likeness (QED) is 0.607. The van der Waals surface area contributed by atoms with E-state index in [9.17, 15) is 4.79 Å². The van der Waals surface area contributed by atoms with Crippen molar-refractivity contribution in [2.24, 2.45) is 0 Å². The molecule has 168 valence electrons. The summed E-state index contributed by atoms with van der Waals surface area (Å²) in [6.45, 7) is 4.02. The number of amides is 1. The molecule has 8 heteroatoms. The molecule has 0 bridgehead atoms. The number of fused-ring (bicyclic) bond motifs is 1. The molecule has 2 N–H and O–H groups in total. The molecule has 5 rings (SSSR count). The Morgan fingerprint density at radius 1 is 1.12 bits per heavy atom. The largest absolute Gasteiger partial charge is 0.368 e. The zero-order valence-corrected chi connectivity index (χ0v) is 19.5. The lowest BCUT2D eigenvalue weighted by molar-refractivity contribution is 0.0831. The summed E-state index contributed by atoms with van der Waals surface area (Å²) in [5, 5.41) is 7.89. The first-order chi connectivity index (χ1) is 15.6. The van der Waals surface area contributed by atoms with Gasteiger partial charge >= 0.3 is 0 Å². The highest BCUT2D eigenvalue weighted by Crippen LogP contribution is 2.44. The van der Waals surface area contributed by atoms with Crippen molar-refractivity contribution in [3.8, 4) is 0 Å². The molecule has 32 heavy (non-hydrogen) atoms. The molecular formula is C24H30N6OS. The molecule has 3 aromatic heterocycles. The van der Waals surface area contributed by atoms with Crippen LogP contribution in [0.2, 0.25) is 0 Å². The molecule has 0 aromatic carbocycles. The molecular weight excluding hydrogens is 420 g/mol. The zero-order chi connectivity index (χ0) is 22.1. The molecule has 0 atom stereocenters. The minimum Gasteiger partial charge on any atom is -0.368 e. The number of carbonyl (C=O) groups excluding carboxylic acids is 1. The highest BCUT2D eigenvalue weighted by molar-refractivity contribution is 7.21. The van der Waals surface area contributed by atoms with Crippen LogP contribution in [0.1, 0.15) is 46.8 Å². The smallest absolute Gasteiger partial charge is 0.263 e. The molecule has 0 radical (unpaired) electrons. The third-order valence-electron chi connectivity index (χ3n) is 6.46. The lowest BCUT2D eigenvalue weighted by atomic mass is 9.94. The van der Waals surface area contributed by atoms with Gasteiger partial charge in [0, 0.05) is 51.9 Å². The molecule has 0 spiro atoms. The third kappa shape index (κ3) is 4.17. The van der Waals surface area contributed by atoms with Crippen LogP contribution in [0.3, 0.4) is 0 Å². The Kier molecular flexibility index (Phi) is 5.97. The molecule has 2 fully saturated rings.